The van der Waals surface area contributed by atoms with Gasteiger partial charge in [0.1, 0.15) is 9.73 Å². The van der Waals surface area contributed by atoms with Gasteiger partial charge in [-0.1, -0.05) is 41.6 Å². The first kappa shape index (κ1) is 31.4. The first-order valence-corrected chi connectivity index (χ1v) is 16.2. The van der Waals surface area contributed by atoms with Gasteiger partial charge >= 0.3 is 0 Å². The van der Waals surface area contributed by atoms with Crippen molar-refractivity contribution in [3.8, 4) is 0 Å². The molecule has 15 heteroatoms. The lowest BCUT2D eigenvalue weighted by atomic mass is 10.1. The molecule has 0 saturated carbocycles. The summed E-state index contributed by atoms with van der Waals surface area (Å²) in [5.41, 5.74) is 7.27. The SMILES string of the molecule is NC(=O)c1ccccc1.O=C(NCc1ccc(S(=O)(=O)N2CCC(n3nnc4ccccc43)CC2)s1)c1cccc([N+](=O)[O-])c1. The Morgan fingerprint density at radius 2 is 1.64 bits per heavy atom. The van der Waals surface area contributed by atoms with Crippen LogP contribution in [0.3, 0.4) is 0 Å². The fraction of sp³-hybridized carbons (Fsp3) is 0.200. The summed E-state index contributed by atoms with van der Waals surface area (Å²) in [6.45, 7) is 0.860. The van der Waals surface area contributed by atoms with E-state index in [0.717, 1.165) is 22.4 Å². The molecule has 45 heavy (non-hydrogen) atoms. The van der Waals surface area contributed by atoms with Crippen LogP contribution in [0, 0.1) is 10.1 Å². The molecule has 0 spiro atoms. The number of benzene rings is 3. The average Bonchev–Trinajstić information content (AvgIpc) is 3.73. The molecule has 5 aromatic rings. The zero-order chi connectivity index (χ0) is 32.0. The van der Waals surface area contributed by atoms with E-state index < -0.39 is 20.9 Å². The van der Waals surface area contributed by atoms with Crippen LogP contribution in [0.2, 0.25) is 0 Å². The number of nitro groups is 1. The number of piperidine rings is 1. The van der Waals surface area contributed by atoms with Gasteiger partial charge in [-0.3, -0.25) is 19.7 Å². The van der Waals surface area contributed by atoms with E-state index in [4.69, 9.17) is 5.73 Å². The minimum atomic E-state index is -3.66. The number of fused-ring (bicyclic) bond motifs is 1. The van der Waals surface area contributed by atoms with Gasteiger partial charge in [-0.05, 0) is 55.3 Å². The number of hydrogen-bond acceptors (Lipinski definition) is 9. The van der Waals surface area contributed by atoms with Crippen molar-refractivity contribution in [2.75, 3.05) is 13.1 Å². The number of sulfonamides is 1. The molecule has 6 rings (SSSR count). The number of para-hydroxylation sites is 1. The highest BCUT2D eigenvalue weighted by Gasteiger charge is 2.32. The van der Waals surface area contributed by atoms with Crippen LogP contribution in [0.25, 0.3) is 11.0 Å². The van der Waals surface area contributed by atoms with Crippen LogP contribution in [-0.4, -0.2) is 57.5 Å². The Morgan fingerprint density at radius 1 is 0.956 bits per heavy atom. The van der Waals surface area contributed by atoms with E-state index in [1.54, 1.807) is 36.4 Å². The Morgan fingerprint density at radius 3 is 2.33 bits per heavy atom. The number of non-ortho nitro benzene ring substituents is 1. The third-order valence-corrected chi connectivity index (χ3v) is 10.6. The molecule has 1 fully saturated rings. The van der Waals surface area contributed by atoms with E-state index in [-0.39, 0.29) is 34.0 Å². The molecular weight excluding hydrogens is 619 g/mol. The minimum Gasteiger partial charge on any atom is -0.366 e. The van der Waals surface area contributed by atoms with Gasteiger partial charge in [-0.2, -0.15) is 4.31 Å². The number of nitrogens with one attached hydrogen (secondary N) is 1. The average molecular weight is 648 g/mol. The summed E-state index contributed by atoms with van der Waals surface area (Å²) in [6.07, 6.45) is 1.26. The van der Waals surface area contributed by atoms with Gasteiger partial charge in [0, 0.05) is 41.2 Å². The number of nitrogens with two attached hydrogens (primary N) is 1. The lowest BCUT2D eigenvalue weighted by Crippen LogP contribution is -2.38. The normalized spacial score (nSPS) is 14.0. The number of nitro benzene ring substituents is 1. The number of nitrogens with zero attached hydrogens (tertiary/aromatic N) is 5. The Bertz CT molecular complexity index is 1930. The van der Waals surface area contributed by atoms with E-state index in [0.29, 0.717) is 36.4 Å². The zero-order valence-electron chi connectivity index (χ0n) is 23.9. The van der Waals surface area contributed by atoms with Crippen molar-refractivity contribution >= 4 is 49.9 Å². The number of rotatable bonds is 8. The van der Waals surface area contributed by atoms with Gasteiger partial charge < -0.3 is 11.1 Å². The van der Waals surface area contributed by atoms with Crippen LogP contribution in [0.1, 0.15) is 44.5 Å². The molecule has 3 aromatic carbocycles. The largest absolute Gasteiger partial charge is 0.366 e. The Hall–Kier alpha value is -4.99. The second-order valence-electron chi connectivity index (χ2n) is 10.1. The van der Waals surface area contributed by atoms with Crippen molar-refractivity contribution in [3.05, 3.63) is 117 Å². The van der Waals surface area contributed by atoms with E-state index in [1.165, 1.54) is 28.6 Å². The number of carbonyl (C=O) groups excluding carboxylic acids is 2. The summed E-state index contributed by atoms with van der Waals surface area (Å²) in [6, 6.07) is 25.2. The lowest BCUT2D eigenvalue weighted by molar-refractivity contribution is -0.384. The van der Waals surface area contributed by atoms with Gasteiger partial charge in [-0.15, -0.1) is 16.4 Å². The molecule has 0 aliphatic carbocycles. The molecule has 13 nitrogen and oxygen atoms in total. The predicted octanol–water partition coefficient (Wildman–Crippen LogP) is 4.14. The lowest BCUT2D eigenvalue weighted by Gasteiger charge is -2.30. The summed E-state index contributed by atoms with van der Waals surface area (Å²) in [5.74, 6) is -0.852. The van der Waals surface area contributed by atoms with Crippen molar-refractivity contribution in [1.82, 2.24) is 24.6 Å². The van der Waals surface area contributed by atoms with Crippen LogP contribution in [0.4, 0.5) is 5.69 Å². The molecule has 1 aliphatic rings. The fourth-order valence-electron chi connectivity index (χ4n) is 4.84. The Labute approximate surface area is 262 Å². The van der Waals surface area contributed by atoms with Crippen molar-refractivity contribution in [2.45, 2.75) is 29.6 Å². The van der Waals surface area contributed by atoms with Gasteiger partial charge in [0.25, 0.3) is 21.6 Å². The molecule has 0 radical (unpaired) electrons. The summed E-state index contributed by atoms with van der Waals surface area (Å²) in [7, 11) is -3.66. The molecule has 0 atom stereocenters. The number of aromatic nitrogens is 3. The van der Waals surface area contributed by atoms with Gasteiger partial charge in [0.15, 0.2) is 0 Å². The highest BCUT2D eigenvalue weighted by molar-refractivity contribution is 7.91. The smallest absolute Gasteiger partial charge is 0.270 e. The molecule has 3 N–H and O–H groups in total. The van der Waals surface area contributed by atoms with E-state index in [2.05, 4.69) is 15.6 Å². The Balaban J connectivity index is 0.000000383. The summed E-state index contributed by atoms with van der Waals surface area (Å²) >= 11 is 1.10. The molecule has 3 heterocycles. The number of primary amides is 1. The van der Waals surface area contributed by atoms with Crippen LogP contribution in [-0.2, 0) is 16.6 Å². The monoisotopic (exact) mass is 647 g/mol. The maximum absolute atomic E-state index is 13.2. The second-order valence-corrected chi connectivity index (χ2v) is 13.4. The van der Waals surface area contributed by atoms with Crippen LogP contribution in [0.5, 0.6) is 0 Å². The molecule has 0 unspecified atom stereocenters. The summed E-state index contributed by atoms with van der Waals surface area (Å²) in [4.78, 5) is 33.8. The zero-order valence-corrected chi connectivity index (χ0v) is 25.5. The second kappa shape index (κ2) is 13.8. The van der Waals surface area contributed by atoms with E-state index in [9.17, 15) is 28.1 Å². The minimum absolute atomic E-state index is 0.0757. The molecule has 0 bridgehead atoms. The molecule has 232 valence electrons. The van der Waals surface area contributed by atoms with E-state index in [1.807, 2.05) is 35.0 Å². The van der Waals surface area contributed by atoms with Gasteiger partial charge in [0.2, 0.25) is 5.91 Å². The fourth-order valence-corrected chi connectivity index (χ4v) is 7.76. The van der Waals surface area contributed by atoms with Crippen LogP contribution in [0.15, 0.2) is 95.2 Å². The van der Waals surface area contributed by atoms with E-state index >= 15 is 0 Å². The maximum atomic E-state index is 13.2. The van der Waals surface area contributed by atoms with Gasteiger partial charge in [-0.25, -0.2) is 13.1 Å². The standard InChI is InChI=1S/C23H22N6O5S2.C7H7NO/c30-23(16-4-3-5-18(14-16)29(31)32)24-15-19-8-9-22(35-19)36(33,34)27-12-10-17(11-13-27)28-21-7-2-1-6-20(21)25-26-28;8-7(9)6-4-2-1-3-5-6/h1-9,14,17H,10-13,15H2,(H,24,30);1-5H,(H2,8,9). The van der Waals surface area contributed by atoms with Gasteiger partial charge in [0.05, 0.1) is 23.0 Å². The van der Waals surface area contributed by atoms with Crippen molar-refractivity contribution in [3.63, 3.8) is 0 Å². The Kier molecular flexibility index (Phi) is 9.61. The number of carbonyl (C=O) groups is 2. The summed E-state index contributed by atoms with van der Waals surface area (Å²) < 4.78 is 30.0. The van der Waals surface area contributed by atoms with Crippen molar-refractivity contribution in [2.24, 2.45) is 5.73 Å². The first-order chi connectivity index (χ1) is 21.6. The number of hydrogen-bond donors (Lipinski definition) is 2. The number of amides is 2. The van der Waals surface area contributed by atoms with Crippen molar-refractivity contribution < 1.29 is 22.9 Å². The molecule has 1 aliphatic heterocycles. The maximum Gasteiger partial charge on any atom is 0.270 e. The predicted molar refractivity (Wildman–Crippen MR) is 168 cm³/mol. The molecule has 1 saturated heterocycles. The van der Waals surface area contributed by atoms with Crippen LogP contribution < -0.4 is 11.1 Å². The molecule has 2 amide bonds. The van der Waals surface area contributed by atoms with Crippen LogP contribution >= 0.6 is 11.3 Å². The summed E-state index contributed by atoms with van der Waals surface area (Å²) in [5, 5.41) is 22.1. The third kappa shape index (κ3) is 7.39. The number of thiophene rings is 1. The van der Waals surface area contributed by atoms with Crippen molar-refractivity contribution in [1.29, 1.82) is 0 Å². The molecule has 2 aromatic heterocycles. The quantitative estimate of drug-likeness (QED) is 0.186. The highest BCUT2D eigenvalue weighted by Crippen LogP contribution is 2.31. The topological polar surface area (TPSA) is 183 Å². The third-order valence-electron chi connectivity index (χ3n) is 7.18. The highest BCUT2D eigenvalue weighted by atomic mass is 32.2. The molecular formula is C30H29N7O6S2. The first-order valence-electron chi connectivity index (χ1n) is 13.9.